The number of rotatable bonds is 2. The lowest BCUT2D eigenvalue weighted by molar-refractivity contribution is 0.460. The summed E-state index contributed by atoms with van der Waals surface area (Å²) < 4.78 is 5.54. The zero-order valence-corrected chi connectivity index (χ0v) is 11.4. The van der Waals surface area contributed by atoms with Gasteiger partial charge in [-0.2, -0.15) is 0 Å². The summed E-state index contributed by atoms with van der Waals surface area (Å²) in [7, 11) is 0. The summed E-state index contributed by atoms with van der Waals surface area (Å²) in [5, 5.41) is 0.755. The topological polar surface area (TPSA) is 61.0 Å². The molecule has 0 aliphatic carbocycles. The van der Waals surface area contributed by atoms with Crippen molar-refractivity contribution in [2.45, 2.75) is 13.8 Å². The maximum Gasteiger partial charge on any atom is 0.238 e. The van der Waals surface area contributed by atoms with Crippen LogP contribution in [0.25, 0.3) is 0 Å². The highest BCUT2D eigenvalue weighted by atomic mass is 35.5. The summed E-state index contributed by atoms with van der Waals surface area (Å²) in [5.41, 5.74) is 7.83. The minimum atomic E-state index is 0.364. The second-order valence-corrected chi connectivity index (χ2v) is 4.60. The van der Waals surface area contributed by atoms with Crippen LogP contribution < -0.4 is 10.5 Å². The van der Waals surface area contributed by atoms with Gasteiger partial charge in [0, 0.05) is 6.07 Å². The Labute approximate surface area is 115 Å². The Morgan fingerprint density at radius 2 is 1.78 bits per heavy atom. The fraction of sp³-hybridized carbons (Fsp3) is 0.167. The molecule has 0 bridgehead atoms. The van der Waals surface area contributed by atoms with Crippen LogP contribution in [0, 0.1) is 13.8 Å². The van der Waals surface area contributed by atoms with Crippen molar-refractivity contribution in [1.82, 2.24) is 9.97 Å². The number of aromatic nitrogens is 2. The quantitative estimate of drug-likeness (QED) is 0.852. The van der Waals surface area contributed by atoms with E-state index in [0.29, 0.717) is 27.4 Å². The molecule has 2 rings (SSSR count). The first-order valence-corrected chi connectivity index (χ1v) is 5.95. The van der Waals surface area contributed by atoms with Crippen LogP contribution >= 0.6 is 23.2 Å². The Bertz CT molecular complexity index is 602. The van der Waals surface area contributed by atoms with Crippen LogP contribution in [0.2, 0.25) is 10.0 Å². The summed E-state index contributed by atoms with van der Waals surface area (Å²) in [5.74, 6) is 0.769. The maximum absolute atomic E-state index is 5.90. The van der Waals surface area contributed by atoms with Crippen LogP contribution in [0.4, 0.5) is 5.69 Å². The molecule has 1 aromatic heterocycles. The van der Waals surface area contributed by atoms with Crippen LogP contribution in [0.15, 0.2) is 18.3 Å². The molecule has 2 N–H and O–H groups in total. The predicted octanol–water partition coefficient (Wildman–Crippen LogP) is 3.77. The summed E-state index contributed by atoms with van der Waals surface area (Å²) in [6.07, 6.45) is 1.53. The third-order valence-electron chi connectivity index (χ3n) is 2.44. The Morgan fingerprint density at radius 1 is 1.11 bits per heavy atom. The van der Waals surface area contributed by atoms with Crippen molar-refractivity contribution in [3.05, 3.63) is 39.8 Å². The van der Waals surface area contributed by atoms with E-state index in [4.69, 9.17) is 33.7 Å². The molecule has 0 spiro atoms. The van der Waals surface area contributed by atoms with Crippen molar-refractivity contribution in [1.29, 1.82) is 0 Å². The summed E-state index contributed by atoms with van der Waals surface area (Å²) in [4.78, 5) is 8.40. The van der Waals surface area contributed by atoms with Crippen LogP contribution in [0.3, 0.4) is 0 Å². The number of ether oxygens (including phenoxy) is 1. The number of anilines is 1. The molecule has 0 saturated carbocycles. The van der Waals surface area contributed by atoms with Gasteiger partial charge in [0.2, 0.25) is 5.88 Å². The van der Waals surface area contributed by atoms with Gasteiger partial charge in [0.15, 0.2) is 5.75 Å². The normalized spacial score (nSPS) is 10.4. The highest BCUT2D eigenvalue weighted by Crippen LogP contribution is 2.34. The summed E-state index contributed by atoms with van der Waals surface area (Å²) >= 11 is 11.7. The zero-order valence-electron chi connectivity index (χ0n) is 9.87. The number of nitrogen functional groups attached to an aromatic ring is 1. The molecule has 0 amide bonds. The molecule has 0 radical (unpaired) electrons. The van der Waals surface area contributed by atoms with Gasteiger partial charge < -0.3 is 10.5 Å². The monoisotopic (exact) mass is 283 g/mol. The lowest BCUT2D eigenvalue weighted by atomic mass is 10.3. The minimum Gasteiger partial charge on any atom is -0.435 e. The maximum atomic E-state index is 5.90. The first kappa shape index (κ1) is 12.9. The molecule has 6 heteroatoms. The van der Waals surface area contributed by atoms with E-state index in [1.807, 2.05) is 13.8 Å². The molecule has 0 aliphatic heterocycles. The molecule has 0 saturated heterocycles. The smallest absolute Gasteiger partial charge is 0.238 e. The van der Waals surface area contributed by atoms with E-state index in [1.165, 1.54) is 12.3 Å². The third kappa shape index (κ3) is 2.66. The fourth-order valence-electron chi connectivity index (χ4n) is 1.31. The number of hydrogen-bond acceptors (Lipinski definition) is 4. The van der Waals surface area contributed by atoms with Crippen LogP contribution in [-0.4, -0.2) is 9.97 Å². The van der Waals surface area contributed by atoms with Gasteiger partial charge in [0.1, 0.15) is 0 Å². The van der Waals surface area contributed by atoms with Crippen molar-refractivity contribution in [2.75, 3.05) is 5.73 Å². The van der Waals surface area contributed by atoms with E-state index in [2.05, 4.69) is 9.97 Å². The Balaban J connectivity index is 2.34. The van der Waals surface area contributed by atoms with Crippen LogP contribution in [0.5, 0.6) is 11.6 Å². The number of nitrogens with two attached hydrogens (primary N) is 1. The molecule has 0 fully saturated rings. The third-order valence-corrected chi connectivity index (χ3v) is 3.16. The molecule has 1 aromatic carbocycles. The molecular formula is C12H11Cl2N3O. The first-order valence-electron chi connectivity index (χ1n) is 5.20. The first-order chi connectivity index (χ1) is 8.47. The SMILES string of the molecule is Cc1ncc(Oc2cc(Cl)c(Cl)cc2N)nc1C. The van der Waals surface area contributed by atoms with E-state index in [-0.39, 0.29) is 0 Å². The van der Waals surface area contributed by atoms with Gasteiger partial charge in [-0.05, 0) is 19.9 Å². The van der Waals surface area contributed by atoms with Gasteiger partial charge in [0.25, 0.3) is 0 Å². The van der Waals surface area contributed by atoms with Crippen LogP contribution in [-0.2, 0) is 0 Å². The second kappa shape index (κ2) is 5.00. The average Bonchev–Trinajstić information content (AvgIpc) is 2.31. The average molecular weight is 284 g/mol. The van der Waals surface area contributed by atoms with E-state index >= 15 is 0 Å². The van der Waals surface area contributed by atoms with E-state index < -0.39 is 0 Å². The standard InChI is InChI=1S/C12H11Cl2N3O/c1-6-7(2)17-12(5-16-6)18-11-4-9(14)8(13)3-10(11)15/h3-5H,15H2,1-2H3. The number of benzene rings is 1. The molecule has 4 nitrogen and oxygen atoms in total. The van der Waals surface area contributed by atoms with Crippen molar-refractivity contribution in [3.8, 4) is 11.6 Å². The van der Waals surface area contributed by atoms with E-state index in [9.17, 15) is 0 Å². The lowest BCUT2D eigenvalue weighted by Crippen LogP contribution is -1.97. The van der Waals surface area contributed by atoms with Gasteiger partial charge in [0.05, 0.1) is 33.3 Å². The molecule has 0 unspecified atom stereocenters. The van der Waals surface area contributed by atoms with Crippen molar-refractivity contribution in [3.63, 3.8) is 0 Å². The van der Waals surface area contributed by atoms with Gasteiger partial charge >= 0.3 is 0 Å². The summed E-state index contributed by atoms with van der Waals surface area (Å²) in [6, 6.07) is 3.09. The van der Waals surface area contributed by atoms with Gasteiger partial charge in [-0.1, -0.05) is 23.2 Å². The number of aryl methyl sites for hydroxylation is 2. The fourth-order valence-corrected chi connectivity index (χ4v) is 1.64. The molecule has 94 valence electrons. The number of halogens is 2. The van der Waals surface area contributed by atoms with Gasteiger partial charge in [-0.25, -0.2) is 4.98 Å². The molecule has 0 aliphatic rings. The summed E-state index contributed by atoms with van der Waals surface area (Å²) in [6.45, 7) is 3.73. The Hall–Kier alpha value is -1.52. The molecular weight excluding hydrogens is 273 g/mol. The van der Waals surface area contributed by atoms with E-state index in [1.54, 1.807) is 6.07 Å². The second-order valence-electron chi connectivity index (χ2n) is 3.79. The van der Waals surface area contributed by atoms with Crippen molar-refractivity contribution >= 4 is 28.9 Å². The largest absolute Gasteiger partial charge is 0.435 e. The van der Waals surface area contributed by atoms with Crippen molar-refractivity contribution < 1.29 is 4.74 Å². The number of hydrogen-bond donors (Lipinski definition) is 1. The van der Waals surface area contributed by atoms with Gasteiger partial charge in [-0.15, -0.1) is 0 Å². The highest BCUT2D eigenvalue weighted by molar-refractivity contribution is 6.42. The molecule has 0 atom stereocenters. The van der Waals surface area contributed by atoms with Crippen molar-refractivity contribution in [2.24, 2.45) is 0 Å². The van der Waals surface area contributed by atoms with Gasteiger partial charge in [-0.3, -0.25) is 4.98 Å². The van der Waals surface area contributed by atoms with Crippen LogP contribution in [0.1, 0.15) is 11.4 Å². The minimum absolute atomic E-state index is 0.364. The highest BCUT2D eigenvalue weighted by Gasteiger charge is 2.09. The zero-order chi connectivity index (χ0) is 13.3. The lowest BCUT2D eigenvalue weighted by Gasteiger charge is -2.09. The number of nitrogens with zero attached hydrogens (tertiary/aromatic N) is 2. The molecule has 18 heavy (non-hydrogen) atoms. The predicted molar refractivity (Wildman–Crippen MR) is 72.5 cm³/mol. The molecule has 2 aromatic rings. The Morgan fingerprint density at radius 3 is 2.44 bits per heavy atom. The van der Waals surface area contributed by atoms with E-state index in [0.717, 1.165) is 11.4 Å². The Kier molecular flexibility index (Phi) is 3.59. The molecule has 1 heterocycles.